The van der Waals surface area contributed by atoms with Crippen LogP contribution >= 0.6 is 24.0 Å². The molecule has 0 aliphatic carbocycles. The van der Waals surface area contributed by atoms with Crippen LogP contribution in [0.25, 0.3) is 0 Å². The molecule has 0 bridgehead atoms. The van der Waals surface area contributed by atoms with E-state index in [2.05, 4.69) is 18.7 Å². The minimum absolute atomic E-state index is 0.0132. The molecule has 0 N–H and O–H groups in total. The Labute approximate surface area is 108 Å². The topological polar surface area (TPSA) is 21.7 Å². The molecule has 0 aromatic carbocycles. The molecule has 0 saturated carbocycles. The summed E-state index contributed by atoms with van der Waals surface area (Å²) in [6.45, 7) is 7.89. The van der Waals surface area contributed by atoms with Crippen LogP contribution in [0.1, 0.15) is 26.7 Å². The maximum Gasteiger partial charge on any atom is 0.158 e. The highest BCUT2D eigenvalue weighted by Crippen LogP contribution is 2.15. The van der Waals surface area contributed by atoms with Crippen LogP contribution in [0.2, 0.25) is 0 Å². The van der Waals surface area contributed by atoms with Crippen LogP contribution in [0.4, 0.5) is 0 Å². The molecule has 3 nitrogen and oxygen atoms in total. The average Bonchev–Trinajstić information content (AvgIpc) is 2.32. The maximum absolute atomic E-state index is 5.48. The summed E-state index contributed by atoms with van der Waals surface area (Å²) in [7, 11) is 0. The molecule has 5 heteroatoms. The average molecular weight is 263 g/mol. The van der Waals surface area contributed by atoms with Gasteiger partial charge in [0.05, 0.1) is 13.2 Å². The largest absolute Gasteiger partial charge is 0.358 e. The van der Waals surface area contributed by atoms with Gasteiger partial charge in [0.1, 0.15) is 4.32 Å². The molecule has 94 valence electrons. The molecule has 1 fully saturated rings. The quantitative estimate of drug-likeness (QED) is 0.709. The van der Waals surface area contributed by atoms with Gasteiger partial charge in [-0.05, 0) is 20.3 Å². The molecule has 0 aromatic rings. The Morgan fingerprint density at radius 3 is 2.50 bits per heavy atom. The first-order chi connectivity index (χ1) is 7.77. The van der Waals surface area contributed by atoms with Crippen molar-refractivity contribution in [3.8, 4) is 0 Å². The predicted octanol–water partition coefficient (Wildman–Crippen LogP) is 2.50. The lowest BCUT2D eigenvalue weighted by molar-refractivity contribution is -0.178. The number of ether oxygens (including phenoxy) is 2. The van der Waals surface area contributed by atoms with Gasteiger partial charge in [-0.15, -0.1) is 0 Å². The van der Waals surface area contributed by atoms with Gasteiger partial charge in [-0.25, -0.2) is 0 Å². The highest BCUT2D eigenvalue weighted by molar-refractivity contribution is 8.22. The number of hydrogen-bond acceptors (Lipinski definition) is 4. The SMILES string of the molecule is CCN(CC)C(=S)SCCC1OCCCO1. The highest BCUT2D eigenvalue weighted by Gasteiger charge is 2.14. The third-order valence-electron chi connectivity index (χ3n) is 2.50. The summed E-state index contributed by atoms with van der Waals surface area (Å²) in [6, 6.07) is 0. The van der Waals surface area contributed by atoms with E-state index in [4.69, 9.17) is 21.7 Å². The van der Waals surface area contributed by atoms with Crippen molar-refractivity contribution in [2.24, 2.45) is 0 Å². The molecule has 1 rings (SSSR count). The van der Waals surface area contributed by atoms with Crippen LogP contribution in [0.5, 0.6) is 0 Å². The summed E-state index contributed by atoms with van der Waals surface area (Å²) in [5.74, 6) is 0.972. The fourth-order valence-electron chi connectivity index (χ4n) is 1.52. The maximum atomic E-state index is 5.48. The zero-order valence-corrected chi connectivity index (χ0v) is 11.7. The Hall–Kier alpha value is 0.160. The van der Waals surface area contributed by atoms with Gasteiger partial charge < -0.3 is 14.4 Å². The molecule has 0 unspecified atom stereocenters. The lowest BCUT2D eigenvalue weighted by Crippen LogP contribution is -2.28. The Kier molecular flexibility index (Phi) is 7.36. The lowest BCUT2D eigenvalue weighted by Gasteiger charge is -2.24. The second-order valence-corrected chi connectivity index (χ2v) is 5.33. The second kappa shape index (κ2) is 8.28. The first-order valence-corrected chi connectivity index (χ1v) is 7.32. The Morgan fingerprint density at radius 1 is 1.31 bits per heavy atom. The van der Waals surface area contributed by atoms with E-state index < -0.39 is 0 Å². The van der Waals surface area contributed by atoms with E-state index in [-0.39, 0.29) is 6.29 Å². The molecule has 0 aromatic heterocycles. The Balaban J connectivity index is 2.11. The van der Waals surface area contributed by atoms with Gasteiger partial charge in [0.2, 0.25) is 0 Å². The summed E-state index contributed by atoms with van der Waals surface area (Å²) in [4.78, 5) is 2.20. The third kappa shape index (κ3) is 4.99. The van der Waals surface area contributed by atoms with E-state index in [1.165, 1.54) is 0 Å². The number of thiocarbonyl (C=S) groups is 1. The zero-order valence-electron chi connectivity index (χ0n) is 10.1. The van der Waals surface area contributed by atoms with E-state index >= 15 is 0 Å². The third-order valence-corrected chi connectivity index (χ3v) is 4.05. The van der Waals surface area contributed by atoms with E-state index in [0.717, 1.165) is 49.2 Å². The van der Waals surface area contributed by atoms with Crippen molar-refractivity contribution in [2.45, 2.75) is 33.0 Å². The standard InChI is InChI=1S/C11H21NO2S2/c1-3-12(4-2)11(15)16-9-6-10-13-7-5-8-14-10/h10H,3-9H2,1-2H3. The molecule has 0 atom stereocenters. The lowest BCUT2D eigenvalue weighted by atomic mass is 10.4. The van der Waals surface area contributed by atoms with Gasteiger partial charge in [-0.1, -0.05) is 24.0 Å². The van der Waals surface area contributed by atoms with Crippen molar-refractivity contribution in [3.05, 3.63) is 0 Å². The molecule has 16 heavy (non-hydrogen) atoms. The van der Waals surface area contributed by atoms with Crippen LogP contribution in [-0.2, 0) is 9.47 Å². The molecule has 1 aliphatic heterocycles. The fraction of sp³-hybridized carbons (Fsp3) is 0.909. The van der Waals surface area contributed by atoms with Crippen molar-refractivity contribution in [3.63, 3.8) is 0 Å². The first-order valence-electron chi connectivity index (χ1n) is 5.92. The number of rotatable bonds is 5. The molecule has 0 radical (unpaired) electrons. The minimum atomic E-state index is -0.0132. The van der Waals surface area contributed by atoms with Crippen molar-refractivity contribution < 1.29 is 9.47 Å². The van der Waals surface area contributed by atoms with Crippen LogP contribution in [0.15, 0.2) is 0 Å². The van der Waals surface area contributed by atoms with Gasteiger partial charge in [0.15, 0.2) is 6.29 Å². The smallest absolute Gasteiger partial charge is 0.158 e. The molecule has 1 aliphatic rings. The van der Waals surface area contributed by atoms with Gasteiger partial charge in [-0.3, -0.25) is 0 Å². The Morgan fingerprint density at radius 2 is 1.94 bits per heavy atom. The van der Waals surface area contributed by atoms with E-state index in [1.54, 1.807) is 11.8 Å². The zero-order chi connectivity index (χ0) is 11.8. The van der Waals surface area contributed by atoms with Crippen molar-refractivity contribution in [1.29, 1.82) is 0 Å². The summed E-state index contributed by atoms with van der Waals surface area (Å²) < 4.78 is 11.9. The normalized spacial score (nSPS) is 17.4. The number of nitrogens with zero attached hydrogens (tertiary/aromatic N) is 1. The monoisotopic (exact) mass is 263 g/mol. The predicted molar refractivity (Wildman–Crippen MR) is 72.9 cm³/mol. The van der Waals surface area contributed by atoms with Crippen molar-refractivity contribution in [2.75, 3.05) is 32.1 Å². The fourth-order valence-corrected chi connectivity index (χ4v) is 2.95. The summed E-state index contributed by atoms with van der Waals surface area (Å²) in [5.41, 5.74) is 0. The van der Waals surface area contributed by atoms with Crippen LogP contribution < -0.4 is 0 Å². The van der Waals surface area contributed by atoms with E-state index in [9.17, 15) is 0 Å². The van der Waals surface area contributed by atoms with E-state index in [1.807, 2.05) is 0 Å². The van der Waals surface area contributed by atoms with Gasteiger partial charge in [-0.2, -0.15) is 0 Å². The summed E-state index contributed by atoms with van der Waals surface area (Å²) >= 11 is 7.07. The van der Waals surface area contributed by atoms with Crippen molar-refractivity contribution >= 4 is 28.3 Å². The molecule has 1 heterocycles. The first kappa shape index (κ1) is 14.2. The molecular formula is C11H21NO2S2. The number of hydrogen-bond donors (Lipinski definition) is 0. The van der Waals surface area contributed by atoms with Crippen LogP contribution in [-0.4, -0.2) is 47.6 Å². The molecule has 1 saturated heterocycles. The highest BCUT2D eigenvalue weighted by atomic mass is 32.2. The van der Waals surface area contributed by atoms with Crippen LogP contribution in [0.3, 0.4) is 0 Å². The van der Waals surface area contributed by atoms with Crippen LogP contribution in [0, 0.1) is 0 Å². The minimum Gasteiger partial charge on any atom is -0.358 e. The van der Waals surface area contributed by atoms with Crippen molar-refractivity contribution in [1.82, 2.24) is 4.90 Å². The molecular weight excluding hydrogens is 242 g/mol. The Bertz CT molecular complexity index is 204. The van der Waals surface area contributed by atoms with Gasteiger partial charge >= 0.3 is 0 Å². The molecule has 0 amide bonds. The second-order valence-electron chi connectivity index (χ2n) is 3.60. The van der Waals surface area contributed by atoms with Gasteiger partial charge in [0.25, 0.3) is 0 Å². The summed E-state index contributed by atoms with van der Waals surface area (Å²) in [5, 5.41) is 0. The molecule has 0 spiro atoms. The summed E-state index contributed by atoms with van der Waals surface area (Å²) in [6.07, 6.45) is 1.92. The number of thioether (sulfide) groups is 1. The van der Waals surface area contributed by atoms with Gasteiger partial charge in [0, 0.05) is 25.3 Å². The van der Waals surface area contributed by atoms with E-state index in [0.29, 0.717) is 0 Å².